The molecule has 0 fully saturated rings. The molecular formula is C14H13ClN2O3S. The monoisotopic (exact) mass is 324 g/mol. The number of sulfonamides is 1. The number of ether oxygens (including phenoxy) is 1. The third-order valence-corrected chi connectivity index (χ3v) is 5.25. The summed E-state index contributed by atoms with van der Waals surface area (Å²) in [7, 11) is -3.64. The van der Waals surface area contributed by atoms with Gasteiger partial charge in [-0.1, -0.05) is 29.8 Å². The molecule has 1 aliphatic heterocycles. The second kappa shape index (κ2) is 5.63. The minimum absolute atomic E-state index is 0.0920. The largest absolute Gasteiger partial charge is 0.492 e. The first kappa shape index (κ1) is 14.3. The van der Waals surface area contributed by atoms with Crippen LogP contribution in [0.5, 0.6) is 5.75 Å². The molecule has 0 atom stereocenters. The van der Waals surface area contributed by atoms with E-state index < -0.39 is 10.0 Å². The molecule has 5 nitrogen and oxygen atoms in total. The number of fused-ring (bicyclic) bond motifs is 1. The van der Waals surface area contributed by atoms with Crippen molar-refractivity contribution in [2.75, 3.05) is 13.2 Å². The van der Waals surface area contributed by atoms with Gasteiger partial charge in [-0.2, -0.15) is 4.31 Å². The van der Waals surface area contributed by atoms with Gasteiger partial charge in [-0.25, -0.2) is 8.42 Å². The van der Waals surface area contributed by atoms with Crippen LogP contribution in [0.15, 0.2) is 47.6 Å². The smallest absolute Gasteiger partial charge is 0.245 e. The maximum atomic E-state index is 12.7. The maximum absolute atomic E-state index is 12.7. The highest BCUT2D eigenvalue weighted by Crippen LogP contribution is 2.26. The Balaban J connectivity index is 1.96. The van der Waals surface area contributed by atoms with Gasteiger partial charge in [0.25, 0.3) is 0 Å². The molecule has 1 aromatic carbocycles. The van der Waals surface area contributed by atoms with Crippen molar-refractivity contribution in [2.45, 2.75) is 11.4 Å². The van der Waals surface area contributed by atoms with E-state index in [1.807, 2.05) is 24.3 Å². The van der Waals surface area contributed by atoms with Gasteiger partial charge in [-0.05, 0) is 12.1 Å². The number of halogens is 1. The second-order valence-corrected chi connectivity index (χ2v) is 7.01. The molecule has 1 aromatic heterocycles. The number of hydrogen-bond donors (Lipinski definition) is 0. The summed E-state index contributed by atoms with van der Waals surface area (Å²) in [4.78, 5) is 3.94. The zero-order chi connectivity index (χ0) is 14.9. The molecule has 7 heteroatoms. The van der Waals surface area contributed by atoms with Crippen molar-refractivity contribution < 1.29 is 13.2 Å². The molecule has 0 radical (unpaired) electrons. The summed E-state index contributed by atoms with van der Waals surface area (Å²) in [5.41, 5.74) is 0.841. The van der Waals surface area contributed by atoms with Crippen molar-refractivity contribution >= 4 is 21.6 Å². The molecule has 0 aliphatic carbocycles. The number of aromatic nitrogens is 1. The standard InChI is InChI=1S/C14H13ClN2O3S/c15-12-7-13(9-16-8-12)21(18,19)17-5-6-20-14-4-2-1-3-11(14)10-17/h1-4,7-9H,5-6,10H2. The van der Waals surface area contributed by atoms with E-state index in [1.165, 1.54) is 22.8 Å². The number of nitrogens with zero attached hydrogens (tertiary/aromatic N) is 2. The molecule has 0 unspecified atom stereocenters. The summed E-state index contributed by atoms with van der Waals surface area (Å²) in [6.45, 7) is 0.860. The summed E-state index contributed by atoms with van der Waals surface area (Å²) in [6, 6.07) is 8.83. The molecule has 0 saturated carbocycles. The highest BCUT2D eigenvalue weighted by Gasteiger charge is 2.27. The van der Waals surface area contributed by atoms with E-state index in [1.54, 1.807) is 0 Å². The Morgan fingerprint density at radius 1 is 1.24 bits per heavy atom. The third-order valence-electron chi connectivity index (χ3n) is 3.24. The molecule has 0 bridgehead atoms. The van der Waals surface area contributed by atoms with Crippen molar-refractivity contribution in [3.05, 3.63) is 53.3 Å². The van der Waals surface area contributed by atoms with Crippen LogP contribution in [0.2, 0.25) is 5.02 Å². The quantitative estimate of drug-likeness (QED) is 0.850. The SMILES string of the molecule is O=S(=O)(c1cncc(Cl)c1)N1CCOc2ccccc2C1. The second-order valence-electron chi connectivity index (χ2n) is 4.63. The lowest BCUT2D eigenvalue weighted by atomic mass is 10.2. The first-order chi connectivity index (χ1) is 10.1. The summed E-state index contributed by atoms with van der Waals surface area (Å²) in [5.74, 6) is 0.722. The minimum Gasteiger partial charge on any atom is -0.492 e. The van der Waals surface area contributed by atoms with Gasteiger partial charge in [0.05, 0.1) is 5.02 Å². The molecule has 3 rings (SSSR count). The maximum Gasteiger partial charge on any atom is 0.245 e. The van der Waals surface area contributed by atoms with Gasteiger partial charge in [0, 0.05) is 31.0 Å². The van der Waals surface area contributed by atoms with Crippen LogP contribution in [0.1, 0.15) is 5.56 Å². The Bertz CT molecular complexity index is 764. The molecule has 0 saturated heterocycles. The number of hydrogen-bond acceptors (Lipinski definition) is 4. The van der Waals surface area contributed by atoms with Crippen LogP contribution < -0.4 is 4.74 Å². The van der Waals surface area contributed by atoms with E-state index in [-0.39, 0.29) is 18.0 Å². The fourth-order valence-corrected chi connectivity index (χ4v) is 3.82. The average molecular weight is 325 g/mol. The van der Waals surface area contributed by atoms with Gasteiger partial charge < -0.3 is 4.74 Å². The lowest BCUT2D eigenvalue weighted by Gasteiger charge is -2.19. The normalized spacial score (nSPS) is 15.9. The van der Waals surface area contributed by atoms with Crippen molar-refractivity contribution in [1.29, 1.82) is 0 Å². The lowest BCUT2D eigenvalue weighted by Crippen LogP contribution is -2.32. The van der Waals surface area contributed by atoms with Crippen LogP contribution in [0.4, 0.5) is 0 Å². The van der Waals surface area contributed by atoms with Crippen molar-refractivity contribution in [3.8, 4) is 5.75 Å². The van der Waals surface area contributed by atoms with E-state index in [2.05, 4.69) is 4.98 Å². The van der Waals surface area contributed by atoms with Crippen LogP contribution in [0.25, 0.3) is 0 Å². The average Bonchev–Trinajstić information content (AvgIpc) is 2.70. The molecule has 1 aliphatic rings. The molecule has 21 heavy (non-hydrogen) atoms. The zero-order valence-corrected chi connectivity index (χ0v) is 12.6. The molecule has 2 heterocycles. The first-order valence-corrected chi connectivity index (χ1v) is 8.20. The summed E-state index contributed by atoms with van der Waals surface area (Å²) in [5, 5.41) is 0.294. The van der Waals surface area contributed by atoms with E-state index in [0.29, 0.717) is 11.6 Å². The Morgan fingerprint density at radius 2 is 2.05 bits per heavy atom. The van der Waals surface area contributed by atoms with Crippen molar-refractivity contribution in [3.63, 3.8) is 0 Å². The van der Waals surface area contributed by atoms with Crippen LogP contribution in [0.3, 0.4) is 0 Å². The fraction of sp³-hybridized carbons (Fsp3) is 0.214. The third kappa shape index (κ3) is 2.88. The number of rotatable bonds is 2. The topological polar surface area (TPSA) is 59.5 Å². The van der Waals surface area contributed by atoms with Crippen LogP contribution in [-0.4, -0.2) is 30.9 Å². The molecule has 2 aromatic rings. The van der Waals surface area contributed by atoms with E-state index in [0.717, 1.165) is 11.3 Å². The van der Waals surface area contributed by atoms with E-state index in [4.69, 9.17) is 16.3 Å². The fourth-order valence-electron chi connectivity index (χ4n) is 2.19. The van der Waals surface area contributed by atoms with Gasteiger partial charge >= 0.3 is 0 Å². The zero-order valence-electron chi connectivity index (χ0n) is 11.1. The molecule has 0 spiro atoms. The molecule has 0 amide bonds. The van der Waals surface area contributed by atoms with Crippen molar-refractivity contribution in [1.82, 2.24) is 9.29 Å². The predicted octanol–water partition coefficient (Wildman–Crippen LogP) is 2.32. The predicted molar refractivity (Wildman–Crippen MR) is 78.8 cm³/mol. The van der Waals surface area contributed by atoms with Crippen LogP contribution >= 0.6 is 11.6 Å². The van der Waals surface area contributed by atoms with Gasteiger partial charge in [0.15, 0.2) is 0 Å². The first-order valence-electron chi connectivity index (χ1n) is 6.39. The highest BCUT2D eigenvalue weighted by atomic mass is 35.5. The summed E-state index contributed by atoms with van der Waals surface area (Å²) < 4.78 is 32.3. The number of para-hydroxylation sites is 1. The van der Waals surface area contributed by atoms with Gasteiger partial charge in [0.2, 0.25) is 10.0 Å². The van der Waals surface area contributed by atoms with E-state index in [9.17, 15) is 8.42 Å². The Kier molecular flexibility index (Phi) is 3.84. The highest BCUT2D eigenvalue weighted by molar-refractivity contribution is 7.89. The Labute approximate surface area is 128 Å². The van der Waals surface area contributed by atoms with Crippen LogP contribution in [0, 0.1) is 0 Å². The van der Waals surface area contributed by atoms with Gasteiger partial charge in [-0.15, -0.1) is 0 Å². The van der Waals surface area contributed by atoms with Crippen LogP contribution in [-0.2, 0) is 16.6 Å². The molecule has 110 valence electrons. The summed E-state index contributed by atoms with van der Waals surface area (Å²) in [6.07, 6.45) is 2.71. The number of pyridine rings is 1. The minimum atomic E-state index is -3.64. The summed E-state index contributed by atoms with van der Waals surface area (Å²) >= 11 is 5.83. The van der Waals surface area contributed by atoms with Gasteiger partial charge in [0.1, 0.15) is 17.3 Å². The molecular weight excluding hydrogens is 312 g/mol. The Hall–Kier alpha value is -1.63. The van der Waals surface area contributed by atoms with E-state index >= 15 is 0 Å². The number of benzene rings is 1. The lowest BCUT2D eigenvalue weighted by molar-refractivity contribution is 0.293. The molecule has 0 N–H and O–H groups in total. The van der Waals surface area contributed by atoms with Gasteiger partial charge in [-0.3, -0.25) is 4.98 Å². The Morgan fingerprint density at radius 3 is 2.86 bits per heavy atom. The van der Waals surface area contributed by atoms with Crippen molar-refractivity contribution in [2.24, 2.45) is 0 Å².